The Morgan fingerprint density at radius 2 is 1.58 bits per heavy atom. The van der Waals surface area contributed by atoms with Crippen molar-refractivity contribution in [2.45, 2.75) is 25.4 Å². The van der Waals surface area contributed by atoms with Gasteiger partial charge in [-0.15, -0.1) is 0 Å². The number of nitrogens with zero attached hydrogens (tertiary/aromatic N) is 1. The molecule has 0 aliphatic carbocycles. The van der Waals surface area contributed by atoms with Crippen LogP contribution in [0.4, 0.5) is 0 Å². The molecule has 0 unspecified atom stereocenters. The van der Waals surface area contributed by atoms with Crippen molar-refractivity contribution in [2.24, 2.45) is 0 Å². The summed E-state index contributed by atoms with van der Waals surface area (Å²) in [5.41, 5.74) is 4.46. The van der Waals surface area contributed by atoms with Gasteiger partial charge in [-0.2, -0.15) is 0 Å². The average molecular weight is 442 g/mol. The first-order valence-corrected chi connectivity index (χ1v) is 11.9. The van der Waals surface area contributed by atoms with Gasteiger partial charge in [0.2, 0.25) is 0 Å². The van der Waals surface area contributed by atoms with E-state index in [0.29, 0.717) is 0 Å². The minimum Gasteiger partial charge on any atom is -0.497 e. The highest BCUT2D eigenvalue weighted by atomic mass is 16.5. The molecule has 0 amide bonds. The fourth-order valence-electron chi connectivity index (χ4n) is 4.62. The minimum absolute atomic E-state index is 0.185. The van der Waals surface area contributed by atoms with Crippen LogP contribution in [-0.2, 0) is 0 Å². The number of rotatable bonds is 7. The van der Waals surface area contributed by atoms with Gasteiger partial charge in [-0.3, -0.25) is 4.90 Å². The second-order valence-corrected chi connectivity index (χ2v) is 8.68. The zero-order chi connectivity index (χ0) is 22.5. The SMILES string of the molecule is COc1ccc(C2=Cc3ccccc3O[C@@H]2c2ccc(OCCN3CCCCC3)cc2)cc1. The second-order valence-electron chi connectivity index (χ2n) is 8.68. The van der Waals surface area contributed by atoms with Gasteiger partial charge in [0, 0.05) is 17.7 Å². The molecule has 1 saturated heterocycles. The number of methoxy groups -OCH3 is 1. The van der Waals surface area contributed by atoms with E-state index in [-0.39, 0.29) is 6.10 Å². The van der Waals surface area contributed by atoms with Crippen LogP contribution in [0.3, 0.4) is 0 Å². The van der Waals surface area contributed by atoms with E-state index in [1.54, 1.807) is 7.11 Å². The standard InChI is InChI=1S/C29H31NO3/c1-31-25-13-9-22(10-14-25)27-21-24-7-3-4-8-28(24)33-29(27)23-11-15-26(16-12-23)32-20-19-30-17-5-2-6-18-30/h3-4,7-16,21,29H,2,5-6,17-20H2,1H3/t29-/m1/s1. The van der Waals surface area contributed by atoms with Gasteiger partial charge < -0.3 is 14.2 Å². The summed E-state index contributed by atoms with van der Waals surface area (Å²) >= 11 is 0. The van der Waals surface area contributed by atoms with Gasteiger partial charge in [0.25, 0.3) is 0 Å². The van der Waals surface area contributed by atoms with Gasteiger partial charge in [-0.25, -0.2) is 0 Å². The molecule has 33 heavy (non-hydrogen) atoms. The van der Waals surface area contributed by atoms with Crippen molar-refractivity contribution in [3.8, 4) is 17.2 Å². The topological polar surface area (TPSA) is 30.9 Å². The van der Waals surface area contributed by atoms with Crippen molar-refractivity contribution in [3.63, 3.8) is 0 Å². The molecule has 1 atom stereocenters. The van der Waals surface area contributed by atoms with Gasteiger partial charge in [0.1, 0.15) is 30.0 Å². The lowest BCUT2D eigenvalue weighted by Crippen LogP contribution is -2.33. The Balaban J connectivity index is 1.33. The van der Waals surface area contributed by atoms with Gasteiger partial charge in [-0.05, 0) is 73.5 Å². The van der Waals surface area contributed by atoms with Crippen molar-refractivity contribution in [1.82, 2.24) is 4.90 Å². The van der Waals surface area contributed by atoms with Gasteiger partial charge >= 0.3 is 0 Å². The maximum absolute atomic E-state index is 6.49. The van der Waals surface area contributed by atoms with Crippen LogP contribution in [-0.4, -0.2) is 38.3 Å². The number of benzene rings is 3. The molecule has 4 heteroatoms. The van der Waals surface area contributed by atoms with E-state index in [9.17, 15) is 0 Å². The normalized spacial score (nSPS) is 18.1. The van der Waals surface area contributed by atoms with Crippen LogP contribution >= 0.6 is 0 Å². The molecule has 5 rings (SSSR count). The third kappa shape index (κ3) is 5.07. The van der Waals surface area contributed by atoms with Crippen molar-refractivity contribution < 1.29 is 14.2 Å². The quantitative estimate of drug-likeness (QED) is 0.435. The molecule has 0 spiro atoms. The summed E-state index contributed by atoms with van der Waals surface area (Å²) < 4.78 is 17.9. The molecule has 3 aromatic rings. The predicted octanol–water partition coefficient (Wildman–Crippen LogP) is 6.23. The number of hydrogen-bond acceptors (Lipinski definition) is 4. The molecule has 0 aromatic heterocycles. The summed E-state index contributed by atoms with van der Waals surface area (Å²) in [5.74, 6) is 2.66. The van der Waals surface area contributed by atoms with E-state index in [0.717, 1.165) is 52.7 Å². The molecule has 170 valence electrons. The number of likely N-dealkylation sites (tertiary alicyclic amines) is 1. The molecule has 0 saturated carbocycles. The molecular weight excluding hydrogens is 410 g/mol. The smallest absolute Gasteiger partial charge is 0.149 e. The van der Waals surface area contributed by atoms with Gasteiger partial charge in [0.15, 0.2) is 0 Å². The first kappa shape index (κ1) is 21.6. The lowest BCUT2D eigenvalue weighted by molar-refractivity contribution is 0.183. The lowest BCUT2D eigenvalue weighted by atomic mass is 9.91. The second kappa shape index (κ2) is 10.1. The van der Waals surface area contributed by atoms with E-state index < -0.39 is 0 Å². The molecule has 3 aromatic carbocycles. The number of para-hydroxylation sites is 1. The van der Waals surface area contributed by atoms with E-state index in [1.807, 2.05) is 30.3 Å². The minimum atomic E-state index is -0.185. The molecule has 0 N–H and O–H groups in total. The summed E-state index contributed by atoms with van der Waals surface area (Å²) in [7, 11) is 1.69. The number of piperidine rings is 1. The Morgan fingerprint density at radius 1 is 0.848 bits per heavy atom. The molecule has 2 heterocycles. The Morgan fingerprint density at radius 3 is 2.33 bits per heavy atom. The summed E-state index contributed by atoms with van der Waals surface area (Å²) in [4.78, 5) is 2.50. The van der Waals surface area contributed by atoms with Crippen LogP contribution in [0.1, 0.15) is 42.1 Å². The molecule has 0 bridgehead atoms. The summed E-state index contributed by atoms with van der Waals surface area (Å²) in [6, 6.07) is 24.7. The van der Waals surface area contributed by atoms with Gasteiger partial charge in [-0.1, -0.05) is 48.9 Å². The number of ether oxygens (including phenoxy) is 3. The summed E-state index contributed by atoms with van der Waals surface area (Å²) in [6.07, 6.45) is 6.02. The summed E-state index contributed by atoms with van der Waals surface area (Å²) in [6.45, 7) is 4.12. The van der Waals surface area contributed by atoms with E-state index in [4.69, 9.17) is 14.2 Å². The molecule has 0 radical (unpaired) electrons. The monoisotopic (exact) mass is 441 g/mol. The van der Waals surface area contributed by atoms with Crippen molar-refractivity contribution in [3.05, 3.63) is 89.5 Å². The van der Waals surface area contributed by atoms with E-state index in [1.165, 1.54) is 32.4 Å². The van der Waals surface area contributed by atoms with Crippen molar-refractivity contribution in [1.29, 1.82) is 0 Å². The largest absolute Gasteiger partial charge is 0.497 e. The highest BCUT2D eigenvalue weighted by Crippen LogP contribution is 2.42. The maximum Gasteiger partial charge on any atom is 0.149 e. The average Bonchev–Trinajstić information content (AvgIpc) is 2.89. The van der Waals surface area contributed by atoms with Crippen LogP contribution in [0, 0.1) is 0 Å². The number of fused-ring (bicyclic) bond motifs is 1. The Bertz CT molecular complexity index is 1080. The van der Waals surface area contributed by atoms with Crippen LogP contribution in [0.25, 0.3) is 11.6 Å². The van der Waals surface area contributed by atoms with Crippen LogP contribution < -0.4 is 14.2 Å². The van der Waals surface area contributed by atoms with Crippen molar-refractivity contribution >= 4 is 11.6 Å². The Labute approximate surface area is 196 Å². The predicted molar refractivity (Wildman–Crippen MR) is 133 cm³/mol. The molecular formula is C29H31NO3. The highest BCUT2D eigenvalue weighted by Gasteiger charge is 2.25. The zero-order valence-electron chi connectivity index (χ0n) is 19.2. The molecule has 1 fully saturated rings. The summed E-state index contributed by atoms with van der Waals surface area (Å²) in [5, 5.41) is 0. The fourth-order valence-corrected chi connectivity index (χ4v) is 4.62. The van der Waals surface area contributed by atoms with Crippen molar-refractivity contribution in [2.75, 3.05) is 33.4 Å². The Kier molecular flexibility index (Phi) is 6.63. The molecule has 2 aliphatic heterocycles. The molecule has 4 nitrogen and oxygen atoms in total. The number of hydrogen-bond donors (Lipinski definition) is 0. The van der Waals surface area contributed by atoms with Crippen LogP contribution in [0.5, 0.6) is 17.2 Å². The van der Waals surface area contributed by atoms with Gasteiger partial charge in [0.05, 0.1) is 7.11 Å². The van der Waals surface area contributed by atoms with E-state index in [2.05, 4.69) is 53.4 Å². The maximum atomic E-state index is 6.49. The third-order valence-corrected chi connectivity index (χ3v) is 6.49. The first-order chi connectivity index (χ1) is 16.3. The Hall–Kier alpha value is -3.24. The highest BCUT2D eigenvalue weighted by molar-refractivity contribution is 5.88. The fraction of sp³-hybridized carbons (Fsp3) is 0.310. The van der Waals surface area contributed by atoms with Crippen LogP contribution in [0.15, 0.2) is 72.8 Å². The zero-order valence-corrected chi connectivity index (χ0v) is 19.2. The lowest BCUT2D eigenvalue weighted by Gasteiger charge is -2.28. The third-order valence-electron chi connectivity index (χ3n) is 6.49. The first-order valence-electron chi connectivity index (χ1n) is 11.9. The van der Waals surface area contributed by atoms with Crippen LogP contribution in [0.2, 0.25) is 0 Å². The van der Waals surface area contributed by atoms with E-state index >= 15 is 0 Å². The molecule has 2 aliphatic rings.